The Labute approximate surface area is 151 Å². The van der Waals surface area contributed by atoms with Gasteiger partial charge in [0.05, 0.1) is 16.1 Å². The van der Waals surface area contributed by atoms with Gasteiger partial charge in [0.2, 0.25) is 15.9 Å². The third kappa shape index (κ3) is 4.87. The molecule has 0 bridgehead atoms. The maximum atomic E-state index is 12.3. The molecule has 1 aromatic carbocycles. The highest BCUT2D eigenvalue weighted by atomic mass is 32.2. The first kappa shape index (κ1) is 18.0. The number of aromatic nitrogens is 1. The van der Waals surface area contributed by atoms with E-state index >= 15 is 0 Å². The van der Waals surface area contributed by atoms with E-state index in [1.807, 2.05) is 22.4 Å². The number of carbonyl (C=O) groups excluding carboxylic acids is 1. The van der Waals surface area contributed by atoms with E-state index in [0.717, 1.165) is 30.6 Å². The number of rotatable bonds is 8. The summed E-state index contributed by atoms with van der Waals surface area (Å²) < 4.78 is 27.2. The molecule has 134 valence electrons. The molecule has 0 atom stereocenters. The Morgan fingerprint density at radius 1 is 1.20 bits per heavy atom. The van der Waals surface area contributed by atoms with Crippen LogP contribution in [0.2, 0.25) is 0 Å². The molecule has 2 aromatic rings. The quantitative estimate of drug-likeness (QED) is 0.759. The summed E-state index contributed by atoms with van der Waals surface area (Å²) in [7, 11) is -3.51. The fraction of sp³-hybridized carbons (Fsp3) is 0.412. The SMILES string of the molecule is O=C1CCCN1CCc1ccc(S(=O)(=O)NCCc2cscn2)cc1. The average molecular weight is 380 g/mol. The van der Waals surface area contributed by atoms with Gasteiger partial charge in [-0.25, -0.2) is 18.1 Å². The molecule has 25 heavy (non-hydrogen) atoms. The molecule has 1 aliphatic rings. The smallest absolute Gasteiger partial charge is 0.240 e. The molecule has 0 saturated carbocycles. The van der Waals surface area contributed by atoms with Crippen LogP contribution in [0.25, 0.3) is 0 Å². The molecule has 2 heterocycles. The van der Waals surface area contributed by atoms with E-state index < -0.39 is 10.0 Å². The van der Waals surface area contributed by atoms with E-state index in [0.29, 0.717) is 25.9 Å². The molecule has 8 heteroatoms. The van der Waals surface area contributed by atoms with Crippen molar-refractivity contribution in [1.29, 1.82) is 0 Å². The second-order valence-electron chi connectivity index (χ2n) is 6.01. The van der Waals surface area contributed by atoms with Crippen LogP contribution >= 0.6 is 11.3 Å². The van der Waals surface area contributed by atoms with E-state index in [1.54, 1.807) is 17.6 Å². The summed E-state index contributed by atoms with van der Waals surface area (Å²) in [5.74, 6) is 0.212. The third-order valence-electron chi connectivity index (χ3n) is 4.23. The molecule has 1 amide bonds. The Balaban J connectivity index is 1.52. The number of carbonyl (C=O) groups is 1. The van der Waals surface area contributed by atoms with Gasteiger partial charge >= 0.3 is 0 Å². The zero-order chi connectivity index (χ0) is 17.7. The highest BCUT2D eigenvalue weighted by molar-refractivity contribution is 7.89. The van der Waals surface area contributed by atoms with Crippen LogP contribution in [0.1, 0.15) is 24.1 Å². The molecule has 1 aliphatic heterocycles. The maximum Gasteiger partial charge on any atom is 0.240 e. The van der Waals surface area contributed by atoms with Gasteiger partial charge in [0, 0.05) is 37.9 Å². The van der Waals surface area contributed by atoms with Crippen molar-refractivity contribution in [3.63, 3.8) is 0 Å². The predicted octanol–water partition coefficient (Wildman–Crippen LogP) is 1.83. The standard InChI is InChI=1S/C17H21N3O3S2/c21-17-2-1-10-20(17)11-8-14-3-5-16(6-4-14)25(22,23)19-9-7-15-12-24-13-18-15/h3-6,12-13,19H,1-2,7-11H2. The van der Waals surface area contributed by atoms with Crippen LogP contribution in [0, 0.1) is 0 Å². The van der Waals surface area contributed by atoms with Gasteiger partial charge in [-0.05, 0) is 30.5 Å². The van der Waals surface area contributed by atoms with E-state index in [9.17, 15) is 13.2 Å². The van der Waals surface area contributed by atoms with Crippen LogP contribution in [0.15, 0.2) is 40.1 Å². The lowest BCUT2D eigenvalue weighted by Gasteiger charge is -2.15. The number of amides is 1. The van der Waals surface area contributed by atoms with Crippen LogP contribution in [0.5, 0.6) is 0 Å². The molecular formula is C17H21N3O3S2. The minimum atomic E-state index is -3.51. The van der Waals surface area contributed by atoms with E-state index in [2.05, 4.69) is 9.71 Å². The molecule has 1 saturated heterocycles. The highest BCUT2D eigenvalue weighted by Crippen LogP contribution is 2.14. The first-order chi connectivity index (χ1) is 12.0. The fourth-order valence-electron chi connectivity index (χ4n) is 2.80. The lowest BCUT2D eigenvalue weighted by atomic mass is 10.1. The Kier molecular flexibility index (Phi) is 5.82. The molecule has 1 fully saturated rings. The number of nitrogens with one attached hydrogen (secondary N) is 1. The van der Waals surface area contributed by atoms with Gasteiger partial charge in [0.25, 0.3) is 0 Å². The lowest BCUT2D eigenvalue weighted by Crippen LogP contribution is -2.27. The molecule has 0 spiro atoms. The van der Waals surface area contributed by atoms with Crippen LogP contribution < -0.4 is 4.72 Å². The molecule has 0 unspecified atom stereocenters. The van der Waals surface area contributed by atoms with Gasteiger partial charge in [-0.1, -0.05) is 12.1 Å². The number of hydrogen-bond donors (Lipinski definition) is 1. The molecular weight excluding hydrogens is 358 g/mol. The Morgan fingerprint density at radius 3 is 2.64 bits per heavy atom. The maximum absolute atomic E-state index is 12.3. The van der Waals surface area contributed by atoms with Crippen molar-refractivity contribution >= 4 is 27.3 Å². The van der Waals surface area contributed by atoms with Gasteiger partial charge < -0.3 is 4.90 Å². The van der Waals surface area contributed by atoms with Crippen LogP contribution in [0.3, 0.4) is 0 Å². The van der Waals surface area contributed by atoms with Crippen molar-refractivity contribution in [1.82, 2.24) is 14.6 Å². The number of sulfonamides is 1. The van der Waals surface area contributed by atoms with Crippen molar-refractivity contribution in [2.75, 3.05) is 19.6 Å². The van der Waals surface area contributed by atoms with E-state index in [-0.39, 0.29) is 10.8 Å². The molecule has 1 aromatic heterocycles. The molecule has 0 radical (unpaired) electrons. The van der Waals surface area contributed by atoms with Crippen molar-refractivity contribution in [2.24, 2.45) is 0 Å². The monoisotopic (exact) mass is 379 g/mol. The van der Waals surface area contributed by atoms with Crippen molar-refractivity contribution in [3.05, 3.63) is 46.4 Å². The number of likely N-dealkylation sites (tertiary alicyclic amines) is 1. The first-order valence-electron chi connectivity index (χ1n) is 8.28. The van der Waals surface area contributed by atoms with E-state index in [4.69, 9.17) is 0 Å². The van der Waals surface area contributed by atoms with Crippen LogP contribution in [0.4, 0.5) is 0 Å². The Bertz CT molecular complexity index is 802. The number of thiazole rings is 1. The second-order valence-corrected chi connectivity index (χ2v) is 8.49. The van der Waals surface area contributed by atoms with Gasteiger partial charge in [-0.15, -0.1) is 11.3 Å². The largest absolute Gasteiger partial charge is 0.342 e. The molecule has 6 nitrogen and oxygen atoms in total. The Morgan fingerprint density at radius 2 is 2.00 bits per heavy atom. The molecule has 1 N–H and O–H groups in total. The van der Waals surface area contributed by atoms with Gasteiger partial charge in [0.1, 0.15) is 0 Å². The summed E-state index contributed by atoms with van der Waals surface area (Å²) in [5.41, 5.74) is 3.65. The zero-order valence-electron chi connectivity index (χ0n) is 13.8. The van der Waals surface area contributed by atoms with Gasteiger partial charge in [-0.2, -0.15) is 0 Å². The summed E-state index contributed by atoms with van der Waals surface area (Å²) in [6.45, 7) is 1.84. The Hall–Kier alpha value is -1.77. The van der Waals surface area contributed by atoms with Gasteiger partial charge in [0.15, 0.2) is 0 Å². The molecule has 0 aliphatic carbocycles. The van der Waals surface area contributed by atoms with Crippen molar-refractivity contribution in [3.8, 4) is 0 Å². The summed E-state index contributed by atoms with van der Waals surface area (Å²) in [6, 6.07) is 6.86. The zero-order valence-corrected chi connectivity index (χ0v) is 15.5. The number of nitrogens with zero attached hydrogens (tertiary/aromatic N) is 2. The minimum absolute atomic E-state index is 0.212. The van der Waals surface area contributed by atoms with Crippen molar-refractivity contribution < 1.29 is 13.2 Å². The summed E-state index contributed by atoms with van der Waals surface area (Å²) >= 11 is 1.50. The second kappa shape index (κ2) is 8.07. The van der Waals surface area contributed by atoms with Crippen molar-refractivity contribution in [2.45, 2.75) is 30.6 Å². The third-order valence-corrected chi connectivity index (χ3v) is 6.34. The normalized spacial score (nSPS) is 15.0. The average Bonchev–Trinajstić information content (AvgIpc) is 3.25. The summed E-state index contributed by atoms with van der Waals surface area (Å²) in [5, 5.41) is 1.91. The minimum Gasteiger partial charge on any atom is -0.342 e. The highest BCUT2D eigenvalue weighted by Gasteiger charge is 2.19. The number of hydrogen-bond acceptors (Lipinski definition) is 5. The topological polar surface area (TPSA) is 79.4 Å². The summed E-state index contributed by atoms with van der Waals surface area (Å²) in [6.07, 6.45) is 2.89. The van der Waals surface area contributed by atoms with Gasteiger partial charge in [-0.3, -0.25) is 4.79 Å². The number of benzene rings is 1. The predicted molar refractivity (Wildman–Crippen MR) is 97.0 cm³/mol. The fourth-order valence-corrected chi connectivity index (χ4v) is 4.42. The lowest BCUT2D eigenvalue weighted by molar-refractivity contribution is -0.127. The van der Waals surface area contributed by atoms with Crippen LogP contribution in [-0.4, -0.2) is 43.8 Å². The first-order valence-corrected chi connectivity index (χ1v) is 10.7. The summed E-state index contributed by atoms with van der Waals surface area (Å²) in [4.78, 5) is 17.9. The molecule has 3 rings (SSSR count). The van der Waals surface area contributed by atoms with E-state index in [1.165, 1.54) is 11.3 Å². The van der Waals surface area contributed by atoms with Crippen LogP contribution in [-0.2, 0) is 27.7 Å².